The number of rotatable bonds is 10. The van der Waals surface area contributed by atoms with E-state index in [-0.39, 0.29) is 19.1 Å². The van der Waals surface area contributed by atoms with E-state index in [1.807, 2.05) is 54.6 Å². The molecule has 4 N–H and O–H groups in total. The number of benzene rings is 3. The third-order valence-corrected chi connectivity index (χ3v) is 7.74. The van der Waals surface area contributed by atoms with Crippen molar-refractivity contribution < 1.29 is 18.4 Å². The first-order chi connectivity index (χ1) is 17.0. The second-order valence-electron chi connectivity index (χ2n) is 7.99. The number of nitrogens with one attached hydrogen (secondary N) is 2. The Balaban J connectivity index is 1.84. The van der Waals surface area contributed by atoms with Crippen LogP contribution in [0.3, 0.4) is 0 Å². The summed E-state index contributed by atoms with van der Waals surface area (Å²) in [4.78, 5) is 13.2. The SMILES string of the molecule is CCOP(=O)(OCC)c1ccc2c(c1)/C(=C(/Nc1ccc(CCN)cc1)c1ccccc1)C(=O)N2. The number of hydrogen-bond donors (Lipinski definition) is 3. The lowest BCUT2D eigenvalue weighted by Gasteiger charge is -2.18. The summed E-state index contributed by atoms with van der Waals surface area (Å²) in [5, 5.41) is 6.78. The van der Waals surface area contributed by atoms with Crippen LogP contribution in [0.15, 0.2) is 72.8 Å². The maximum atomic E-state index is 13.4. The van der Waals surface area contributed by atoms with Crippen LogP contribution in [0.1, 0.15) is 30.5 Å². The van der Waals surface area contributed by atoms with Gasteiger partial charge in [0.25, 0.3) is 5.91 Å². The normalized spacial score (nSPS) is 14.4. The van der Waals surface area contributed by atoms with E-state index in [2.05, 4.69) is 10.6 Å². The highest BCUT2D eigenvalue weighted by Gasteiger charge is 2.33. The number of fused-ring (bicyclic) bond motifs is 1. The van der Waals surface area contributed by atoms with Crippen LogP contribution in [0.5, 0.6) is 0 Å². The van der Waals surface area contributed by atoms with Crippen molar-refractivity contribution >= 4 is 41.5 Å². The predicted octanol–water partition coefficient (Wildman–Crippen LogP) is 5.01. The zero-order chi connectivity index (χ0) is 24.8. The first-order valence-corrected chi connectivity index (χ1v) is 13.2. The molecular formula is C27H30N3O4P. The first-order valence-electron chi connectivity index (χ1n) is 11.7. The lowest BCUT2D eigenvalue weighted by atomic mass is 10.00. The molecule has 0 spiro atoms. The third kappa shape index (κ3) is 5.39. The Morgan fingerprint density at radius 2 is 1.66 bits per heavy atom. The third-order valence-electron chi connectivity index (χ3n) is 5.63. The van der Waals surface area contributed by atoms with Gasteiger partial charge in [-0.1, -0.05) is 42.5 Å². The van der Waals surface area contributed by atoms with Crippen molar-refractivity contribution in [3.05, 3.63) is 89.5 Å². The average molecular weight is 492 g/mol. The topological polar surface area (TPSA) is 103 Å². The Hall–Kier alpha value is -3.22. The summed E-state index contributed by atoms with van der Waals surface area (Å²) in [5.74, 6) is -0.245. The van der Waals surface area contributed by atoms with Gasteiger partial charge in [-0.15, -0.1) is 0 Å². The number of hydrogen-bond acceptors (Lipinski definition) is 6. The smallest absolute Gasteiger partial charge is 0.354 e. The summed E-state index contributed by atoms with van der Waals surface area (Å²) < 4.78 is 24.5. The molecule has 0 saturated heterocycles. The highest BCUT2D eigenvalue weighted by molar-refractivity contribution is 7.62. The van der Waals surface area contributed by atoms with Gasteiger partial charge in [-0.3, -0.25) is 9.36 Å². The fourth-order valence-electron chi connectivity index (χ4n) is 4.05. The van der Waals surface area contributed by atoms with Gasteiger partial charge in [0.15, 0.2) is 0 Å². The minimum absolute atomic E-state index is 0.241. The minimum atomic E-state index is -3.52. The Bertz CT molecular complexity index is 1260. The van der Waals surface area contributed by atoms with Gasteiger partial charge >= 0.3 is 7.60 Å². The molecular weight excluding hydrogens is 461 g/mol. The van der Waals surface area contributed by atoms with Crippen LogP contribution < -0.4 is 21.7 Å². The van der Waals surface area contributed by atoms with Crippen molar-refractivity contribution in [2.75, 3.05) is 30.4 Å². The van der Waals surface area contributed by atoms with E-state index in [0.29, 0.717) is 34.4 Å². The monoisotopic (exact) mass is 491 g/mol. The summed E-state index contributed by atoms with van der Waals surface area (Å²) in [6, 6.07) is 22.8. The van der Waals surface area contributed by atoms with E-state index in [1.54, 1.807) is 32.0 Å². The molecule has 0 aliphatic carbocycles. The molecule has 3 aromatic carbocycles. The highest BCUT2D eigenvalue weighted by Crippen LogP contribution is 2.48. The molecule has 1 aliphatic heterocycles. The molecule has 4 rings (SSSR count). The average Bonchev–Trinajstić information content (AvgIpc) is 3.19. The van der Waals surface area contributed by atoms with Crippen molar-refractivity contribution in [2.24, 2.45) is 5.73 Å². The van der Waals surface area contributed by atoms with Gasteiger partial charge in [0, 0.05) is 16.9 Å². The number of carbonyl (C=O) groups is 1. The van der Waals surface area contributed by atoms with E-state index >= 15 is 0 Å². The van der Waals surface area contributed by atoms with Crippen molar-refractivity contribution in [3.8, 4) is 0 Å². The van der Waals surface area contributed by atoms with E-state index in [1.165, 1.54) is 0 Å². The van der Waals surface area contributed by atoms with Crippen LogP contribution in [0, 0.1) is 0 Å². The molecule has 35 heavy (non-hydrogen) atoms. The molecule has 0 unspecified atom stereocenters. The van der Waals surface area contributed by atoms with Gasteiger partial charge in [0.05, 0.1) is 29.8 Å². The summed E-state index contributed by atoms with van der Waals surface area (Å²) in [6.07, 6.45) is 0.797. The predicted molar refractivity (Wildman–Crippen MR) is 142 cm³/mol. The van der Waals surface area contributed by atoms with Crippen LogP contribution in [-0.2, 0) is 24.8 Å². The van der Waals surface area contributed by atoms with E-state index < -0.39 is 7.60 Å². The summed E-state index contributed by atoms with van der Waals surface area (Å²) in [7, 11) is -3.52. The molecule has 3 aromatic rings. The van der Waals surface area contributed by atoms with Gasteiger partial charge in [-0.05, 0) is 68.3 Å². The molecule has 0 aromatic heterocycles. The lowest BCUT2D eigenvalue weighted by Crippen LogP contribution is -2.12. The quantitative estimate of drug-likeness (QED) is 0.272. The molecule has 0 radical (unpaired) electrons. The molecule has 7 nitrogen and oxygen atoms in total. The number of amides is 1. The summed E-state index contributed by atoms with van der Waals surface area (Å²) in [5.41, 5.74) is 10.9. The zero-order valence-corrected chi connectivity index (χ0v) is 20.8. The van der Waals surface area contributed by atoms with Crippen LogP contribution >= 0.6 is 7.60 Å². The number of anilines is 2. The summed E-state index contributed by atoms with van der Waals surface area (Å²) in [6.45, 7) is 4.60. The Morgan fingerprint density at radius 1 is 0.971 bits per heavy atom. The molecule has 0 fully saturated rings. The Morgan fingerprint density at radius 3 is 2.29 bits per heavy atom. The molecule has 0 bridgehead atoms. The van der Waals surface area contributed by atoms with Crippen LogP contribution in [0.4, 0.5) is 11.4 Å². The van der Waals surface area contributed by atoms with Gasteiger partial charge in [-0.2, -0.15) is 0 Å². The van der Waals surface area contributed by atoms with Gasteiger partial charge in [0.2, 0.25) is 0 Å². The fourth-order valence-corrected chi connectivity index (χ4v) is 5.65. The Labute approximate surface area is 205 Å². The lowest BCUT2D eigenvalue weighted by molar-refractivity contribution is -0.110. The van der Waals surface area contributed by atoms with Gasteiger partial charge in [-0.25, -0.2) is 0 Å². The van der Waals surface area contributed by atoms with Crippen molar-refractivity contribution in [3.63, 3.8) is 0 Å². The molecule has 1 aliphatic rings. The standard InChI is InChI=1S/C27H30N3O4P/c1-3-33-35(32,34-4-2)22-14-15-24-23(18-22)25(27(31)30-24)26(20-8-6-5-7-9-20)29-21-12-10-19(11-13-21)16-17-28/h5-15,18,29H,3-4,16-17,28H2,1-2H3,(H,30,31)/b26-25-. The minimum Gasteiger partial charge on any atom is -0.354 e. The zero-order valence-electron chi connectivity index (χ0n) is 19.9. The molecule has 8 heteroatoms. The molecule has 0 saturated carbocycles. The first kappa shape index (κ1) is 24.9. The summed E-state index contributed by atoms with van der Waals surface area (Å²) >= 11 is 0. The van der Waals surface area contributed by atoms with Crippen molar-refractivity contribution in [1.82, 2.24) is 0 Å². The number of carbonyl (C=O) groups excluding carboxylic acids is 1. The molecule has 0 atom stereocenters. The largest absolute Gasteiger partial charge is 0.361 e. The van der Waals surface area contributed by atoms with Gasteiger partial charge < -0.3 is 25.4 Å². The molecule has 1 heterocycles. The van der Waals surface area contributed by atoms with Crippen LogP contribution in [0.2, 0.25) is 0 Å². The molecule has 1 amide bonds. The second kappa shape index (κ2) is 11.0. The van der Waals surface area contributed by atoms with E-state index in [4.69, 9.17) is 14.8 Å². The van der Waals surface area contributed by atoms with Crippen LogP contribution in [0.25, 0.3) is 11.3 Å². The van der Waals surface area contributed by atoms with Crippen molar-refractivity contribution in [1.29, 1.82) is 0 Å². The number of nitrogens with two attached hydrogens (primary N) is 1. The maximum absolute atomic E-state index is 13.4. The van der Waals surface area contributed by atoms with Crippen molar-refractivity contribution in [2.45, 2.75) is 20.3 Å². The highest BCUT2D eigenvalue weighted by atomic mass is 31.2. The fraction of sp³-hybridized carbons (Fsp3) is 0.222. The van der Waals surface area contributed by atoms with Gasteiger partial charge in [0.1, 0.15) is 0 Å². The van der Waals surface area contributed by atoms with Crippen LogP contribution in [-0.4, -0.2) is 25.7 Å². The van der Waals surface area contributed by atoms with E-state index in [9.17, 15) is 9.36 Å². The Kier molecular flexibility index (Phi) is 7.83. The molecule has 182 valence electrons. The maximum Gasteiger partial charge on any atom is 0.361 e. The van der Waals surface area contributed by atoms with E-state index in [0.717, 1.165) is 23.2 Å². The second-order valence-corrected chi connectivity index (χ2v) is 10.0.